The van der Waals surface area contributed by atoms with E-state index in [1.165, 1.54) is 0 Å². The number of halogens is 2. The van der Waals surface area contributed by atoms with E-state index in [-0.39, 0.29) is 5.91 Å². The zero-order valence-corrected chi connectivity index (χ0v) is 14.4. The van der Waals surface area contributed by atoms with Gasteiger partial charge in [-0.15, -0.1) is 0 Å². The van der Waals surface area contributed by atoms with Crippen molar-refractivity contribution >= 4 is 40.5 Å². The minimum absolute atomic E-state index is 0.242. The maximum Gasteiger partial charge on any atom is 0.246 e. The Morgan fingerprint density at radius 3 is 2.75 bits per heavy atom. The van der Waals surface area contributed by atoms with Gasteiger partial charge in [0.2, 0.25) is 5.91 Å². The molecule has 0 bridgehead atoms. The van der Waals surface area contributed by atoms with E-state index in [0.29, 0.717) is 46.1 Å². The molecule has 2 aromatic carbocycles. The molecule has 24 heavy (non-hydrogen) atoms. The van der Waals surface area contributed by atoms with Crippen molar-refractivity contribution in [1.82, 2.24) is 0 Å². The predicted molar refractivity (Wildman–Crippen MR) is 95.6 cm³/mol. The number of hydrogen-bond donors (Lipinski definition) is 2. The molecule has 3 rings (SSSR count). The summed E-state index contributed by atoms with van der Waals surface area (Å²) in [6.45, 7) is 2.74. The highest BCUT2D eigenvalue weighted by molar-refractivity contribution is 6.35. The molecular weight excluding hydrogens is 351 g/mol. The van der Waals surface area contributed by atoms with Crippen LogP contribution in [0, 0.1) is 0 Å². The van der Waals surface area contributed by atoms with Crippen molar-refractivity contribution in [1.29, 1.82) is 0 Å². The molecule has 1 aliphatic heterocycles. The van der Waals surface area contributed by atoms with E-state index in [2.05, 4.69) is 10.6 Å². The SMILES string of the molecule is C[C@@H](Nc1cccc2c1OCCO2)C(=O)Nc1cc(Cl)ccc1Cl. The van der Waals surface area contributed by atoms with E-state index in [1.54, 1.807) is 25.1 Å². The predicted octanol–water partition coefficient (Wildman–Crippen LogP) is 4.20. The second-order valence-corrected chi connectivity index (χ2v) is 6.15. The summed E-state index contributed by atoms with van der Waals surface area (Å²) < 4.78 is 11.2. The maximum atomic E-state index is 12.4. The first-order valence-corrected chi connectivity index (χ1v) is 8.21. The van der Waals surface area contributed by atoms with Gasteiger partial charge in [-0.2, -0.15) is 0 Å². The number of anilines is 2. The van der Waals surface area contributed by atoms with Crippen LogP contribution >= 0.6 is 23.2 Å². The lowest BCUT2D eigenvalue weighted by atomic mass is 10.2. The molecule has 0 saturated carbocycles. The number of ether oxygens (including phenoxy) is 2. The molecule has 5 nitrogen and oxygen atoms in total. The molecule has 0 aliphatic carbocycles. The van der Waals surface area contributed by atoms with Gasteiger partial charge in [-0.25, -0.2) is 0 Å². The maximum absolute atomic E-state index is 12.4. The Balaban J connectivity index is 1.72. The van der Waals surface area contributed by atoms with Crippen molar-refractivity contribution in [2.75, 3.05) is 23.8 Å². The molecule has 1 aliphatic rings. The summed E-state index contributed by atoms with van der Waals surface area (Å²) in [6.07, 6.45) is 0. The standard InChI is InChI=1S/C17H16Cl2N2O3/c1-10(17(22)21-14-9-11(18)5-6-12(14)19)20-13-3-2-4-15-16(13)24-8-7-23-15/h2-6,9-10,20H,7-8H2,1H3,(H,21,22)/t10-/m1/s1. The Bertz CT molecular complexity index is 767. The zero-order chi connectivity index (χ0) is 17.1. The van der Waals surface area contributed by atoms with Crippen molar-refractivity contribution < 1.29 is 14.3 Å². The first kappa shape index (κ1) is 16.7. The minimum atomic E-state index is -0.517. The Kier molecular flexibility index (Phi) is 5.02. The van der Waals surface area contributed by atoms with Crippen molar-refractivity contribution in [3.05, 3.63) is 46.4 Å². The van der Waals surface area contributed by atoms with E-state index in [0.717, 1.165) is 0 Å². The Morgan fingerprint density at radius 1 is 1.12 bits per heavy atom. The quantitative estimate of drug-likeness (QED) is 0.850. The van der Waals surface area contributed by atoms with E-state index in [4.69, 9.17) is 32.7 Å². The molecule has 0 saturated heterocycles. The fourth-order valence-electron chi connectivity index (χ4n) is 2.32. The lowest BCUT2D eigenvalue weighted by Crippen LogP contribution is -2.32. The number of fused-ring (bicyclic) bond motifs is 1. The third kappa shape index (κ3) is 3.68. The summed E-state index contributed by atoms with van der Waals surface area (Å²) in [5, 5.41) is 6.82. The molecule has 0 spiro atoms. The Hall–Kier alpha value is -2.11. The van der Waals surface area contributed by atoms with Crippen LogP contribution in [0.4, 0.5) is 11.4 Å². The molecule has 0 unspecified atom stereocenters. The Morgan fingerprint density at radius 2 is 1.92 bits per heavy atom. The van der Waals surface area contributed by atoms with Crippen molar-refractivity contribution in [3.8, 4) is 11.5 Å². The van der Waals surface area contributed by atoms with Crippen LogP contribution in [0.2, 0.25) is 10.0 Å². The number of para-hydroxylation sites is 1. The third-order valence-corrected chi connectivity index (χ3v) is 4.08. The van der Waals surface area contributed by atoms with Crippen LogP contribution in [-0.2, 0) is 4.79 Å². The van der Waals surface area contributed by atoms with Crippen molar-refractivity contribution in [3.63, 3.8) is 0 Å². The number of hydrogen-bond acceptors (Lipinski definition) is 4. The fraction of sp³-hybridized carbons (Fsp3) is 0.235. The van der Waals surface area contributed by atoms with Crippen LogP contribution in [0.5, 0.6) is 11.5 Å². The zero-order valence-electron chi connectivity index (χ0n) is 12.9. The van der Waals surface area contributed by atoms with Crippen LogP contribution in [-0.4, -0.2) is 25.2 Å². The van der Waals surface area contributed by atoms with E-state index >= 15 is 0 Å². The van der Waals surface area contributed by atoms with E-state index in [9.17, 15) is 4.79 Å². The van der Waals surface area contributed by atoms with Gasteiger partial charge in [0.1, 0.15) is 19.3 Å². The molecular formula is C17H16Cl2N2O3. The number of carbonyl (C=O) groups is 1. The number of carbonyl (C=O) groups excluding carboxylic acids is 1. The first-order chi connectivity index (χ1) is 11.5. The number of benzene rings is 2. The highest BCUT2D eigenvalue weighted by Crippen LogP contribution is 2.37. The van der Waals surface area contributed by atoms with Gasteiger partial charge in [0.25, 0.3) is 0 Å². The normalized spacial score (nSPS) is 14.0. The fourth-order valence-corrected chi connectivity index (χ4v) is 2.66. The van der Waals surface area contributed by atoms with Gasteiger partial charge in [-0.1, -0.05) is 29.3 Å². The topological polar surface area (TPSA) is 59.6 Å². The summed E-state index contributed by atoms with van der Waals surface area (Å²) in [5.74, 6) is 1.04. The molecule has 2 N–H and O–H groups in total. The number of amides is 1. The van der Waals surface area contributed by atoms with E-state index < -0.39 is 6.04 Å². The van der Waals surface area contributed by atoms with Crippen molar-refractivity contribution in [2.45, 2.75) is 13.0 Å². The molecule has 0 radical (unpaired) electrons. The van der Waals surface area contributed by atoms with Crippen LogP contribution in [0.25, 0.3) is 0 Å². The van der Waals surface area contributed by atoms with Gasteiger partial charge in [0.15, 0.2) is 11.5 Å². The summed E-state index contributed by atoms with van der Waals surface area (Å²) in [4.78, 5) is 12.4. The molecule has 2 aromatic rings. The lowest BCUT2D eigenvalue weighted by molar-refractivity contribution is -0.116. The van der Waals surface area contributed by atoms with Gasteiger partial charge >= 0.3 is 0 Å². The summed E-state index contributed by atoms with van der Waals surface area (Å²) in [5.41, 5.74) is 1.17. The second kappa shape index (κ2) is 7.20. The molecule has 0 fully saturated rings. The van der Waals surface area contributed by atoms with Crippen LogP contribution in [0.1, 0.15) is 6.92 Å². The lowest BCUT2D eigenvalue weighted by Gasteiger charge is -2.23. The molecule has 7 heteroatoms. The van der Waals surface area contributed by atoms with Gasteiger partial charge in [0.05, 0.1) is 16.4 Å². The molecule has 0 aromatic heterocycles. The third-order valence-electron chi connectivity index (χ3n) is 3.52. The number of rotatable bonds is 4. The average molecular weight is 367 g/mol. The van der Waals surface area contributed by atoms with Gasteiger partial charge in [0, 0.05) is 5.02 Å². The van der Waals surface area contributed by atoms with Crippen molar-refractivity contribution in [2.24, 2.45) is 0 Å². The highest BCUT2D eigenvalue weighted by Gasteiger charge is 2.20. The van der Waals surface area contributed by atoms with Crippen LogP contribution < -0.4 is 20.1 Å². The van der Waals surface area contributed by atoms with Crippen LogP contribution in [0.15, 0.2) is 36.4 Å². The second-order valence-electron chi connectivity index (χ2n) is 5.31. The summed E-state index contributed by atoms with van der Waals surface area (Å²) in [6, 6.07) is 9.90. The smallest absolute Gasteiger partial charge is 0.246 e. The molecule has 126 valence electrons. The Labute approximate surface area is 149 Å². The number of nitrogens with one attached hydrogen (secondary N) is 2. The van der Waals surface area contributed by atoms with E-state index in [1.807, 2.05) is 18.2 Å². The molecule has 1 atom stereocenters. The monoisotopic (exact) mass is 366 g/mol. The van der Waals surface area contributed by atoms with Crippen LogP contribution in [0.3, 0.4) is 0 Å². The average Bonchev–Trinajstić information content (AvgIpc) is 2.58. The summed E-state index contributed by atoms with van der Waals surface area (Å²) >= 11 is 12.0. The highest BCUT2D eigenvalue weighted by atomic mass is 35.5. The largest absolute Gasteiger partial charge is 0.486 e. The molecule has 1 heterocycles. The molecule has 1 amide bonds. The van der Waals surface area contributed by atoms with Gasteiger partial charge < -0.3 is 20.1 Å². The first-order valence-electron chi connectivity index (χ1n) is 7.45. The van der Waals surface area contributed by atoms with Gasteiger partial charge in [-0.05, 0) is 37.3 Å². The minimum Gasteiger partial charge on any atom is -0.486 e. The van der Waals surface area contributed by atoms with Gasteiger partial charge in [-0.3, -0.25) is 4.79 Å². The summed E-state index contributed by atoms with van der Waals surface area (Å²) in [7, 11) is 0.